The summed E-state index contributed by atoms with van der Waals surface area (Å²) in [6.45, 7) is 4.04. The Labute approximate surface area is 92.6 Å². The highest BCUT2D eigenvalue weighted by Crippen LogP contribution is 2.04. The van der Waals surface area contributed by atoms with Gasteiger partial charge in [-0.1, -0.05) is 19.0 Å². The van der Waals surface area contributed by atoms with E-state index in [0.29, 0.717) is 12.2 Å². The van der Waals surface area contributed by atoms with Gasteiger partial charge in [0.15, 0.2) is 11.5 Å². The third-order valence-electron chi connectivity index (χ3n) is 1.83. The van der Waals surface area contributed by atoms with Crippen molar-refractivity contribution < 1.29 is 19.2 Å². The van der Waals surface area contributed by atoms with Crippen molar-refractivity contribution in [3.8, 4) is 0 Å². The molecule has 0 unspecified atom stereocenters. The first kappa shape index (κ1) is 12.2. The molecular weight excluding hydrogens is 212 g/mol. The van der Waals surface area contributed by atoms with Crippen molar-refractivity contribution in [3.63, 3.8) is 0 Å². The van der Waals surface area contributed by atoms with Crippen molar-refractivity contribution in [2.75, 3.05) is 0 Å². The second kappa shape index (κ2) is 5.29. The molecule has 1 amide bonds. The lowest BCUT2D eigenvalue weighted by atomic mass is 10.1. The van der Waals surface area contributed by atoms with Crippen LogP contribution in [-0.2, 0) is 11.3 Å². The maximum atomic E-state index is 11.3. The molecule has 0 aliphatic carbocycles. The van der Waals surface area contributed by atoms with Crippen LogP contribution in [0.4, 0.5) is 0 Å². The Morgan fingerprint density at radius 1 is 1.56 bits per heavy atom. The summed E-state index contributed by atoms with van der Waals surface area (Å²) < 4.78 is 4.74. The molecule has 0 aliphatic rings. The van der Waals surface area contributed by atoms with E-state index in [0.717, 1.165) is 0 Å². The lowest BCUT2D eigenvalue weighted by molar-refractivity contribution is -0.122. The molecule has 0 spiro atoms. The van der Waals surface area contributed by atoms with Crippen molar-refractivity contribution in [1.29, 1.82) is 0 Å². The Bertz CT molecular complexity index is 384. The van der Waals surface area contributed by atoms with Crippen molar-refractivity contribution in [1.82, 2.24) is 10.5 Å². The van der Waals surface area contributed by atoms with E-state index in [1.165, 1.54) is 6.07 Å². The largest absolute Gasteiger partial charge is 0.476 e. The molecule has 0 saturated carbocycles. The van der Waals surface area contributed by atoms with Crippen LogP contribution < -0.4 is 5.32 Å². The number of hydrogen-bond acceptors (Lipinski definition) is 4. The third kappa shape index (κ3) is 3.72. The van der Waals surface area contributed by atoms with Gasteiger partial charge in [-0.25, -0.2) is 4.79 Å². The van der Waals surface area contributed by atoms with E-state index in [1.807, 2.05) is 13.8 Å². The Balaban J connectivity index is 2.42. The highest BCUT2D eigenvalue weighted by atomic mass is 16.5. The average molecular weight is 226 g/mol. The van der Waals surface area contributed by atoms with E-state index in [2.05, 4.69) is 10.5 Å². The number of carbonyl (C=O) groups is 2. The van der Waals surface area contributed by atoms with Gasteiger partial charge in [0.1, 0.15) is 0 Å². The van der Waals surface area contributed by atoms with Gasteiger partial charge in [-0.05, 0) is 5.92 Å². The van der Waals surface area contributed by atoms with Crippen LogP contribution in [0.2, 0.25) is 0 Å². The molecule has 0 atom stereocenters. The van der Waals surface area contributed by atoms with E-state index in [4.69, 9.17) is 9.63 Å². The summed E-state index contributed by atoms with van der Waals surface area (Å²) in [5.41, 5.74) is -0.159. The minimum atomic E-state index is -1.15. The molecule has 1 rings (SSSR count). The minimum Gasteiger partial charge on any atom is -0.476 e. The minimum absolute atomic E-state index is 0.0942. The lowest BCUT2D eigenvalue weighted by Gasteiger charge is -2.04. The van der Waals surface area contributed by atoms with Gasteiger partial charge in [-0.3, -0.25) is 4.79 Å². The zero-order valence-electron chi connectivity index (χ0n) is 9.19. The van der Waals surface area contributed by atoms with Crippen LogP contribution in [0.3, 0.4) is 0 Å². The number of aromatic carboxylic acids is 1. The quantitative estimate of drug-likeness (QED) is 0.782. The van der Waals surface area contributed by atoms with Crippen molar-refractivity contribution in [2.45, 2.75) is 26.8 Å². The van der Waals surface area contributed by atoms with Crippen LogP contribution in [0.15, 0.2) is 10.6 Å². The molecule has 0 radical (unpaired) electrons. The van der Waals surface area contributed by atoms with Crippen LogP contribution in [-0.4, -0.2) is 22.1 Å². The first-order valence-electron chi connectivity index (χ1n) is 4.94. The topological polar surface area (TPSA) is 92.4 Å². The second-order valence-corrected chi connectivity index (χ2v) is 3.86. The van der Waals surface area contributed by atoms with Gasteiger partial charge in [0, 0.05) is 12.5 Å². The number of nitrogens with zero attached hydrogens (tertiary/aromatic N) is 1. The van der Waals surface area contributed by atoms with Crippen molar-refractivity contribution >= 4 is 11.9 Å². The third-order valence-corrected chi connectivity index (χ3v) is 1.83. The molecule has 0 bridgehead atoms. The summed E-state index contributed by atoms with van der Waals surface area (Å²) in [6, 6.07) is 1.29. The molecule has 0 fully saturated rings. The van der Waals surface area contributed by atoms with E-state index >= 15 is 0 Å². The molecule has 0 aromatic carbocycles. The van der Waals surface area contributed by atoms with Gasteiger partial charge in [0.2, 0.25) is 5.91 Å². The van der Waals surface area contributed by atoms with Gasteiger partial charge in [0.25, 0.3) is 0 Å². The van der Waals surface area contributed by atoms with Gasteiger partial charge in [-0.15, -0.1) is 0 Å². The Morgan fingerprint density at radius 3 is 2.75 bits per heavy atom. The van der Waals surface area contributed by atoms with Crippen LogP contribution >= 0.6 is 0 Å². The summed E-state index contributed by atoms with van der Waals surface area (Å²) in [4.78, 5) is 21.8. The predicted molar refractivity (Wildman–Crippen MR) is 54.8 cm³/mol. The maximum absolute atomic E-state index is 11.3. The molecule has 16 heavy (non-hydrogen) atoms. The summed E-state index contributed by atoms with van der Waals surface area (Å²) >= 11 is 0. The van der Waals surface area contributed by atoms with Crippen LogP contribution in [0, 0.1) is 5.92 Å². The molecule has 1 aromatic rings. The van der Waals surface area contributed by atoms with Crippen molar-refractivity contribution in [3.05, 3.63) is 17.5 Å². The predicted octanol–water partition coefficient (Wildman–Crippen LogP) is 1.04. The van der Waals surface area contributed by atoms with Gasteiger partial charge in [-0.2, -0.15) is 0 Å². The number of carbonyl (C=O) groups excluding carboxylic acids is 1. The van der Waals surface area contributed by atoms with E-state index in [9.17, 15) is 9.59 Å². The molecule has 6 nitrogen and oxygen atoms in total. The summed E-state index contributed by atoms with van der Waals surface area (Å²) in [5, 5.41) is 14.5. The highest BCUT2D eigenvalue weighted by Gasteiger charge is 2.11. The number of carboxylic acids is 1. The highest BCUT2D eigenvalue weighted by molar-refractivity contribution is 5.85. The monoisotopic (exact) mass is 226 g/mol. The molecule has 2 N–H and O–H groups in total. The van der Waals surface area contributed by atoms with Gasteiger partial charge < -0.3 is 14.9 Å². The van der Waals surface area contributed by atoms with Gasteiger partial charge >= 0.3 is 5.97 Å². The average Bonchev–Trinajstić information content (AvgIpc) is 2.61. The summed E-state index contributed by atoms with van der Waals surface area (Å²) in [5.74, 6) is -0.634. The Kier molecular flexibility index (Phi) is 4.04. The number of carboxylic acid groups (broad SMARTS) is 1. The maximum Gasteiger partial charge on any atom is 0.358 e. The zero-order valence-corrected chi connectivity index (χ0v) is 9.19. The number of rotatable bonds is 5. The zero-order chi connectivity index (χ0) is 12.1. The van der Waals surface area contributed by atoms with E-state index in [-0.39, 0.29) is 24.1 Å². The number of nitrogens with one attached hydrogen (secondary N) is 1. The standard InChI is InChI=1S/C10H14N2O4/c1-6(2)3-9(13)11-5-7-4-8(10(14)15)12-16-7/h4,6H,3,5H2,1-2H3,(H,11,13)(H,14,15). The number of amides is 1. The molecule has 0 aliphatic heterocycles. The van der Waals surface area contributed by atoms with Gasteiger partial charge in [0.05, 0.1) is 6.54 Å². The van der Waals surface area contributed by atoms with Crippen molar-refractivity contribution in [2.24, 2.45) is 5.92 Å². The van der Waals surface area contributed by atoms with E-state index < -0.39 is 5.97 Å². The normalized spacial score (nSPS) is 10.4. The van der Waals surface area contributed by atoms with Crippen LogP contribution in [0.1, 0.15) is 36.5 Å². The fraction of sp³-hybridized carbons (Fsp3) is 0.500. The first-order valence-corrected chi connectivity index (χ1v) is 4.94. The molecule has 6 heteroatoms. The molecule has 88 valence electrons. The van der Waals surface area contributed by atoms with Crippen LogP contribution in [0.5, 0.6) is 0 Å². The Hall–Kier alpha value is -1.85. The summed E-state index contributed by atoms with van der Waals surface area (Å²) in [7, 11) is 0. The van der Waals surface area contributed by atoms with E-state index in [1.54, 1.807) is 0 Å². The number of aromatic nitrogens is 1. The summed E-state index contributed by atoms with van der Waals surface area (Å²) in [6.07, 6.45) is 0.430. The first-order chi connectivity index (χ1) is 7.49. The number of hydrogen-bond donors (Lipinski definition) is 2. The fourth-order valence-electron chi connectivity index (χ4n) is 1.13. The smallest absolute Gasteiger partial charge is 0.358 e. The Morgan fingerprint density at radius 2 is 2.25 bits per heavy atom. The molecule has 0 saturated heterocycles. The lowest BCUT2D eigenvalue weighted by Crippen LogP contribution is -2.23. The molecule has 1 aromatic heterocycles. The molecule has 1 heterocycles. The second-order valence-electron chi connectivity index (χ2n) is 3.86. The van der Waals surface area contributed by atoms with Crippen LogP contribution in [0.25, 0.3) is 0 Å². The molecular formula is C10H14N2O4. The SMILES string of the molecule is CC(C)CC(=O)NCc1cc(C(=O)O)no1. The fourth-order valence-corrected chi connectivity index (χ4v) is 1.13.